The van der Waals surface area contributed by atoms with Gasteiger partial charge in [0, 0.05) is 34.1 Å². The normalized spacial score (nSPS) is 11.6. The lowest BCUT2D eigenvalue weighted by molar-refractivity contribution is 0.0992. The van der Waals surface area contributed by atoms with Crippen molar-refractivity contribution in [3.05, 3.63) is 62.0 Å². The van der Waals surface area contributed by atoms with E-state index in [9.17, 15) is 9.59 Å². The Bertz CT molecular complexity index is 1140. The van der Waals surface area contributed by atoms with Crippen LogP contribution in [-0.2, 0) is 5.41 Å². The van der Waals surface area contributed by atoms with Crippen LogP contribution in [0.2, 0.25) is 5.02 Å². The molecule has 146 valence electrons. The molecule has 28 heavy (non-hydrogen) atoms. The Morgan fingerprint density at radius 1 is 1.18 bits per heavy atom. The number of aromatic amines is 1. The van der Waals surface area contributed by atoms with Gasteiger partial charge in [0.25, 0.3) is 5.91 Å². The highest BCUT2D eigenvalue weighted by molar-refractivity contribution is 6.31. The second-order valence-electron chi connectivity index (χ2n) is 7.88. The molecule has 0 saturated heterocycles. The zero-order valence-electron chi connectivity index (χ0n) is 16.4. The first kappa shape index (κ1) is 19.9. The molecule has 0 aliphatic carbocycles. The number of carbonyl (C=O) groups is 1. The first-order valence-corrected chi connectivity index (χ1v) is 9.18. The third-order valence-corrected chi connectivity index (χ3v) is 4.95. The van der Waals surface area contributed by atoms with Gasteiger partial charge in [-0.3, -0.25) is 9.59 Å². The molecule has 0 fully saturated rings. The molecule has 0 bridgehead atoms. The Morgan fingerprint density at radius 2 is 1.86 bits per heavy atom. The van der Waals surface area contributed by atoms with Crippen molar-refractivity contribution in [2.45, 2.75) is 40.0 Å². The number of rotatable bonds is 3. The zero-order chi connectivity index (χ0) is 20.8. The van der Waals surface area contributed by atoms with E-state index in [-0.39, 0.29) is 22.3 Å². The van der Waals surface area contributed by atoms with Crippen molar-refractivity contribution in [3.8, 4) is 22.6 Å². The number of aryl methyl sites for hydroxylation is 2. The molecule has 0 spiro atoms. The SMILES string of the molecule is Cc1cc(C(C)(C)C)c(Cl)cc1-c1cc(=O)c(-c2cc(C(N)=O)no2)c(C)[nH]1. The fraction of sp³-hybridized carbons (Fsp3) is 0.286. The predicted octanol–water partition coefficient (Wildman–Crippen LogP) is 4.36. The minimum atomic E-state index is -0.718. The van der Waals surface area contributed by atoms with Crippen LogP contribution in [0, 0.1) is 13.8 Å². The topological polar surface area (TPSA) is 102 Å². The molecule has 0 saturated carbocycles. The molecule has 0 radical (unpaired) electrons. The molecular formula is C21H22ClN3O3. The second kappa shape index (κ2) is 6.95. The summed E-state index contributed by atoms with van der Waals surface area (Å²) in [5.41, 5.74) is 9.27. The number of aromatic nitrogens is 2. The number of nitrogens with one attached hydrogen (secondary N) is 1. The van der Waals surface area contributed by atoms with Gasteiger partial charge in [0.2, 0.25) is 0 Å². The Kier molecular flexibility index (Phi) is 4.93. The Labute approximate surface area is 167 Å². The monoisotopic (exact) mass is 399 g/mol. The van der Waals surface area contributed by atoms with Crippen LogP contribution in [0.4, 0.5) is 0 Å². The number of hydrogen-bond acceptors (Lipinski definition) is 4. The van der Waals surface area contributed by atoms with Gasteiger partial charge in [0.05, 0.1) is 5.56 Å². The fourth-order valence-corrected chi connectivity index (χ4v) is 3.64. The number of primary amides is 1. The van der Waals surface area contributed by atoms with E-state index in [1.807, 2.05) is 13.0 Å². The number of carbonyl (C=O) groups excluding carboxylic acids is 1. The zero-order valence-corrected chi connectivity index (χ0v) is 17.2. The highest BCUT2D eigenvalue weighted by atomic mass is 35.5. The van der Waals surface area contributed by atoms with E-state index in [0.717, 1.165) is 16.7 Å². The summed E-state index contributed by atoms with van der Waals surface area (Å²) in [6.45, 7) is 10.1. The van der Waals surface area contributed by atoms with Crippen molar-refractivity contribution in [3.63, 3.8) is 0 Å². The third-order valence-electron chi connectivity index (χ3n) is 4.64. The van der Waals surface area contributed by atoms with E-state index in [1.165, 1.54) is 12.1 Å². The summed E-state index contributed by atoms with van der Waals surface area (Å²) >= 11 is 6.52. The van der Waals surface area contributed by atoms with Crippen molar-refractivity contribution in [1.29, 1.82) is 0 Å². The van der Waals surface area contributed by atoms with E-state index >= 15 is 0 Å². The second-order valence-corrected chi connectivity index (χ2v) is 8.29. The van der Waals surface area contributed by atoms with Gasteiger partial charge in [-0.05, 0) is 36.5 Å². The van der Waals surface area contributed by atoms with Gasteiger partial charge in [-0.2, -0.15) is 0 Å². The summed E-state index contributed by atoms with van der Waals surface area (Å²) in [5.74, 6) is -0.526. The summed E-state index contributed by atoms with van der Waals surface area (Å²) in [5, 5.41) is 4.24. The standard InChI is InChI=1S/C21H22ClN3O3/c1-10-6-13(21(3,4)5)14(22)7-12(10)15-8-17(26)19(11(2)24-15)18-9-16(20(23)27)25-28-18/h6-9H,1-5H3,(H2,23,27)(H,24,26). The molecule has 0 unspecified atom stereocenters. The number of pyridine rings is 1. The first-order valence-electron chi connectivity index (χ1n) is 8.81. The van der Waals surface area contributed by atoms with Crippen LogP contribution in [0.15, 0.2) is 33.6 Å². The van der Waals surface area contributed by atoms with E-state index in [2.05, 4.69) is 37.0 Å². The van der Waals surface area contributed by atoms with Gasteiger partial charge in [0.1, 0.15) is 0 Å². The minimum Gasteiger partial charge on any atom is -0.364 e. The van der Waals surface area contributed by atoms with Gasteiger partial charge < -0.3 is 15.2 Å². The number of benzene rings is 1. The van der Waals surface area contributed by atoms with Crippen molar-refractivity contribution >= 4 is 17.5 Å². The molecule has 3 aromatic rings. The Hall–Kier alpha value is -2.86. The van der Waals surface area contributed by atoms with E-state index in [0.29, 0.717) is 22.0 Å². The molecule has 0 aliphatic heterocycles. The van der Waals surface area contributed by atoms with Gasteiger partial charge in [-0.15, -0.1) is 0 Å². The van der Waals surface area contributed by atoms with E-state index in [4.69, 9.17) is 21.9 Å². The molecule has 2 aromatic heterocycles. The maximum absolute atomic E-state index is 12.8. The molecule has 6 nitrogen and oxygen atoms in total. The highest BCUT2D eigenvalue weighted by Crippen LogP contribution is 2.35. The number of H-pyrrole nitrogens is 1. The summed E-state index contributed by atoms with van der Waals surface area (Å²) in [6, 6.07) is 6.78. The summed E-state index contributed by atoms with van der Waals surface area (Å²) in [7, 11) is 0. The summed E-state index contributed by atoms with van der Waals surface area (Å²) < 4.78 is 5.12. The molecule has 2 heterocycles. The van der Waals surface area contributed by atoms with Crippen LogP contribution in [0.25, 0.3) is 22.6 Å². The van der Waals surface area contributed by atoms with Gasteiger partial charge in [-0.25, -0.2) is 0 Å². The third kappa shape index (κ3) is 3.60. The number of nitrogens with two attached hydrogens (primary N) is 1. The number of amides is 1. The van der Waals surface area contributed by atoms with Crippen LogP contribution in [0.1, 0.15) is 48.1 Å². The van der Waals surface area contributed by atoms with Crippen molar-refractivity contribution in [1.82, 2.24) is 10.1 Å². The molecule has 1 amide bonds. The average molecular weight is 400 g/mol. The number of nitrogens with zero attached hydrogens (tertiary/aromatic N) is 1. The molecular weight excluding hydrogens is 378 g/mol. The Morgan fingerprint density at radius 3 is 2.39 bits per heavy atom. The van der Waals surface area contributed by atoms with Gasteiger partial charge in [-0.1, -0.05) is 43.6 Å². The number of hydrogen-bond donors (Lipinski definition) is 2. The minimum absolute atomic E-state index is 0.0294. The van der Waals surface area contributed by atoms with E-state index < -0.39 is 5.91 Å². The lowest BCUT2D eigenvalue weighted by Gasteiger charge is -2.22. The molecule has 0 aliphatic rings. The molecule has 1 aromatic carbocycles. The van der Waals surface area contributed by atoms with Crippen LogP contribution < -0.4 is 11.2 Å². The van der Waals surface area contributed by atoms with Crippen molar-refractivity contribution < 1.29 is 9.32 Å². The van der Waals surface area contributed by atoms with Crippen molar-refractivity contribution in [2.24, 2.45) is 5.73 Å². The first-order chi connectivity index (χ1) is 13.0. The molecule has 3 N–H and O–H groups in total. The van der Waals surface area contributed by atoms with E-state index in [1.54, 1.807) is 6.92 Å². The maximum atomic E-state index is 12.8. The van der Waals surface area contributed by atoms with Crippen molar-refractivity contribution in [2.75, 3.05) is 0 Å². The Balaban J connectivity index is 2.12. The largest absolute Gasteiger partial charge is 0.364 e. The number of halogens is 1. The van der Waals surface area contributed by atoms with Gasteiger partial charge in [0.15, 0.2) is 16.9 Å². The van der Waals surface area contributed by atoms with Crippen LogP contribution in [0.5, 0.6) is 0 Å². The predicted molar refractivity (Wildman–Crippen MR) is 110 cm³/mol. The molecule has 3 rings (SSSR count). The fourth-order valence-electron chi connectivity index (χ4n) is 3.20. The highest BCUT2D eigenvalue weighted by Gasteiger charge is 2.21. The molecule has 0 atom stereocenters. The summed E-state index contributed by atoms with van der Waals surface area (Å²) in [6.07, 6.45) is 0. The van der Waals surface area contributed by atoms with Crippen LogP contribution in [0.3, 0.4) is 0 Å². The lowest BCUT2D eigenvalue weighted by atomic mass is 9.85. The van der Waals surface area contributed by atoms with Gasteiger partial charge >= 0.3 is 0 Å². The maximum Gasteiger partial charge on any atom is 0.270 e. The van der Waals surface area contributed by atoms with Crippen LogP contribution in [-0.4, -0.2) is 16.0 Å². The smallest absolute Gasteiger partial charge is 0.270 e. The van der Waals surface area contributed by atoms with Crippen LogP contribution >= 0.6 is 11.6 Å². The summed E-state index contributed by atoms with van der Waals surface area (Å²) in [4.78, 5) is 27.2. The molecule has 7 heteroatoms. The average Bonchev–Trinajstić information content (AvgIpc) is 3.04. The lowest BCUT2D eigenvalue weighted by Crippen LogP contribution is -2.13. The quantitative estimate of drug-likeness (QED) is 0.682.